The third kappa shape index (κ3) is 7.62. The van der Waals surface area contributed by atoms with E-state index in [-0.39, 0.29) is 46.5 Å². The van der Waals surface area contributed by atoms with Gasteiger partial charge in [-0.05, 0) is 136 Å². The van der Waals surface area contributed by atoms with Crippen molar-refractivity contribution in [3.8, 4) is 0 Å². The summed E-state index contributed by atoms with van der Waals surface area (Å²) in [5, 5.41) is 13.1. The standard InChI is InChI=1S/C52H61Cl2FN8O5/c1-60-41-26-31(10-15-39(41)63(49(60)68)40-16-17-42(64)58-46(40)65)18-23-62-29-50(30-62)21-24-61(25-22-50)28-32-8-12-34(13-9-32)56-47(66)45-43(35-6-5-7-37(54)44(35)55)52(51(59-45)19-3-2-4-20-51)36-14-11-33(53)27-38(36)57-48(52)67/h5-7,10-11,14-15,26-27,32,34,40,43,45,59H,2-4,8-9,12-13,16-25,28-30H2,1H3,(H,56,66)(H,57,67)(H,58,64,65)/t32?,34?,40?,43-,45+,52+/m0/s1. The molecule has 360 valence electrons. The largest absolute Gasteiger partial charge is 0.352 e. The predicted octanol–water partition coefficient (Wildman–Crippen LogP) is 6.73. The highest BCUT2D eigenvalue weighted by molar-refractivity contribution is 6.31. The molecule has 6 heterocycles. The number of imidazole rings is 1. The lowest BCUT2D eigenvalue weighted by Gasteiger charge is -2.54. The molecule has 1 unspecified atom stereocenters. The van der Waals surface area contributed by atoms with E-state index in [9.17, 15) is 24.0 Å². The first-order valence-electron chi connectivity index (χ1n) is 24.9. The highest BCUT2D eigenvalue weighted by Gasteiger charge is 2.72. The Kier molecular flexibility index (Phi) is 11.9. The monoisotopic (exact) mass is 966 g/mol. The molecule has 0 bridgehead atoms. The van der Waals surface area contributed by atoms with Crippen LogP contribution in [0.5, 0.6) is 0 Å². The Balaban J connectivity index is 0.686. The summed E-state index contributed by atoms with van der Waals surface area (Å²) in [6, 6.07) is 14.9. The second-order valence-corrected chi connectivity index (χ2v) is 22.2. The molecular formula is C52H61Cl2FN8O5. The van der Waals surface area contributed by atoms with Gasteiger partial charge < -0.3 is 20.4 Å². The van der Waals surface area contributed by atoms with E-state index in [0.717, 1.165) is 107 Å². The van der Waals surface area contributed by atoms with E-state index >= 15 is 4.39 Å². The Morgan fingerprint density at radius 1 is 0.853 bits per heavy atom. The molecule has 2 saturated carbocycles. The summed E-state index contributed by atoms with van der Waals surface area (Å²) in [6.45, 7) is 6.43. The van der Waals surface area contributed by atoms with Crippen LogP contribution in [0.4, 0.5) is 10.1 Å². The van der Waals surface area contributed by atoms with Crippen molar-refractivity contribution in [2.75, 3.05) is 44.6 Å². The van der Waals surface area contributed by atoms with Crippen LogP contribution in [0, 0.1) is 17.2 Å². The average Bonchev–Trinajstić information content (AvgIpc) is 3.87. The second kappa shape index (κ2) is 17.7. The number of imide groups is 1. The van der Waals surface area contributed by atoms with Gasteiger partial charge in [-0.2, -0.15) is 0 Å². The fraction of sp³-hybridized carbons (Fsp3) is 0.558. The molecule has 4 amide bonds. The van der Waals surface area contributed by atoms with Crippen molar-refractivity contribution in [3.63, 3.8) is 0 Å². The van der Waals surface area contributed by atoms with Crippen LogP contribution in [0.3, 0.4) is 0 Å². The van der Waals surface area contributed by atoms with Gasteiger partial charge in [0.05, 0.1) is 22.1 Å². The average molecular weight is 968 g/mol. The molecule has 6 fully saturated rings. The van der Waals surface area contributed by atoms with Crippen LogP contribution in [0.1, 0.15) is 112 Å². The number of nitrogens with zero attached hydrogens (tertiary/aromatic N) is 4. The van der Waals surface area contributed by atoms with Crippen LogP contribution in [0.2, 0.25) is 10.0 Å². The lowest BCUT2D eigenvalue weighted by Crippen LogP contribution is -2.60. The van der Waals surface area contributed by atoms with Crippen LogP contribution in [-0.2, 0) is 38.1 Å². The topological polar surface area (TPSA) is 150 Å². The quantitative estimate of drug-likeness (QED) is 0.135. The van der Waals surface area contributed by atoms with Gasteiger partial charge in [-0.25, -0.2) is 9.18 Å². The molecule has 4 N–H and O–H groups in total. The van der Waals surface area contributed by atoms with Crippen molar-refractivity contribution in [2.24, 2.45) is 18.4 Å². The normalized spacial score (nSPS) is 29.1. The molecule has 0 radical (unpaired) electrons. The molecule has 5 aliphatic heterocycles. The van der Waals surface area contributed by atoms with E-state index in [1.54, 1.807) is 35.9 Å². The maximum atomic E-state index is 16.4. The van der Waals surface area contributed by atoms with Gasteiger partial charge in [0.15, 0.2) is 0 Å². The van der Waals surface area contributed by atoms with E-state index < -0.39 is 40.7 Å². The van der Waals surface area contributed by atoms with E-state index in [0.29, 0.717) is 46.8 Å². The van der Waals surface area contributed by atoms with Gasteiger partial charge in [0.1, 0.15) is 17.3 Å². The fourth-order valence-electron chi connectivity index (χ4n) is 14.0. The summed E-state index contributed by atoms with van der Waals surface area (Å²) in [6.07, 6.45) is 11.8. The molecule has 4 atom stereocenters. The van der Waals surface area contributed by atoms with Crippen molar-refractivity contribution in [2.45, 2.75) is 125 Å². The number of carbonyl (C=O) groups excluding carboxylic acids is 4. The Morgan fingerprint density at radius 3 is 2.37 bits per heavy atom. The maximum absolute atomic E-state index is 16.4. The van der Waals surface area contributed by atoms with Crippen molar-refractivity contribution < 1.29 is 23.6 Å². The van der Waals surface area contributed by atoms with E-state index in [1.807, 2.05) is 12.1 Å². The van der Waals surface area contributed by atoms with Crippen LogP contribution in [0.15, 0.2) is 59.4 Å². The number of fused-ring (bicyclic) bond motifs is 4. The summed E-state index contributed by atoms with van der Waals surface area (Å²) in [5.74, 6) is -2.02. The van der Waals surface area contributed by atoms with Gasteiger partial charge in [0.25, 0.3) is 0 Å². The summed E-state index contributed by atoms with van der Waals surface area (Å²) >= 11 is 12.9. The van der Waals surface area contributed by atoms with Gasteiger partial charge in [-0.15, -0.1) is 0 Å². The molecule has 3 spiro atoms. The molecule has 13 nitrogen and oxygen atoms in total. The van der Waals surface area contributed by atoms with E-state index in [1.165, 1.54) is 23.5 Å². The van der Waals surface area contributed by atoms with Crippen molar-refractivity contribution >= 4 is 63.6 Å². The first-order valence-corrected chi connectivity index (χ1v) is 25.7. The van der Waals surface area contributed by atoms with Gasteiger partial charge in [0.2, 0.25) is 23.6 Å². The Morgan fingerprint density at radius 2 is 1.62 bits per heavy atom. The number of rotatable bonds is 9. The smallest absolute Gasteiger partial charge is 0.329 e. The van der Waals surface area contributed by atoms with Crippen molar-refractivity contribution in [1.82, 2.24) is 34.9 Å². The molecule has 3 aromatic carbocycles. The molecule has 7 aliphatic rings. The van der Waals surface area contributed by atoms with Crippen molar-refractivity contribution in [3.05, 3.63) is 97.6 Å². The van der Waals surface area contributed by atoms with Gasteiger partial charge in [-0.1, -0.05) is 66.7 Å². The third-order valence-corrected chi connectivity index (χ3v) is 18.0. The number of aryl methyl sites for hydroxylation is 1. The van der Waals surface area contributed by atoms with Crippen LogP contribution in [-0.4, -0.2) is 99.5 Å². The molecule has 4 saturated heterocycles. The zero-order valence-electron chi connectivity index (χ0n) is 38.7. The third-order valence-electron chi connectivity index (χ3n) is 17.4. The minimum Gasteiger partial charge on any atom is -0.352 e. The fourth-order valence-corrected chi connectivity index (χ4v) is 14.4. The SMILES string of the molecule is Cn1c(=O)n(C2CCC(=O)NC2=O)c2ccc(CCN3CC4(CCN(CC5CCC(NC(=O)[C@@H]6NC7(CCCCC7)[C@@]7(C(=O)Nc8cc(Cl)ccc87)[C@H]6c6cccc(Cl)c6F)CC5)CC4)C3)cc21. The molecular weight excluding hydrogens is 907 g/mol. The first-order chi connectivity index (χ1) is 32.8. The summed E-state index contributed by atoms with van der Waals surface area (Å²) in [4.78, 5) is 72.3. The number of halogens is 3. The number of hydrogen-bond acceptors (Lipinski definition) is 8. The zero-order chi connectivity index (χ0) is 47.1. The van der Waals surface area contributed by atoms with Crippen molar-refractivity contribution in [1.29, 1.82) is 0 Å². The van der Waals surface area contributed by atoms with Gasteiger partial charge in [-0.3, -0.25) is 38.9 Å². The Bertz CT molecular complexity index is 2750. The summed E-state index contributed by atoms with van der Waals surface area (Å²) in [5.41, 5.74) is 2.41. The number of hydrogen-bond donors (Lipinski definition) is 4. The predicted molar refractivity (Wildman–Crippen MR) is 259 cm³/mol. The number of piperidine rings is 2. The maximum Gasteiger partial charge on any atom is 0.329 e. The number of likely N-dealkylation sites (tertiary alicyclic amines) is 2. The van der Waals surface area contributed by atoms with Crippen LogP contribution >= 0.6 is 23.2 Å². The number of amides is 4. The molecule has 68 heavy (non-hydrogen) atoms. The first kappa shape index (κ1) is 45.8. The molecule has 16 heteroatoms. The van der Waals surface area contributed by atoms with Crippen LogP contribution < -0.4 is 27.0 Å². The Labute approximate surface area is 405 Å². The minimum atomic E-state index is -1.25. The number of benzene rings is 3. The molecule has 4 aromatic rings. The number of nitrogens with one attached hydrogen (secondary N) is 4. The number of aromatic nitrogens is 2. The zero-order valence-corrected chi connectivity index (χ0v) is 40.2. The molecule has 11 rings (SSSR count). The lowest BCUT2D eigenvalue weighted by atomic mass is 9.55. The molecule has 2 aliphatic carbocycles. The summed E-state index contributed by atoms with van der Waals surface area (Å²) < 4.78 is 19.5. The highest BCUT2D eigenvalue weighted by atomic mass is 35.5. The molecule has 1 aromatic heterocycles. The number of carbonyl (C=O) groups is 4. The second-order valence-electron chi connectivity index (χ2n) is 21.3. The Hall–Kier alpha value is -4.60. The van der Waals surface area contributed by atoms with Crippen LogP contribution in [0.25, 0.3) is 11.0 Å². The van der Waals surface area contributed by atoms with Gasteiger partial charge in [0, 0.05) is 67.9 Å². The summed E-state index contributed by atoms with van der Waals surface area (Å²) in [7, 11) is 1.74. The number of anilines is 1. The van der Waals surface area contributed by atoms with E-state index in [2.05, 4.69) is 43.2 Å². The lowest BCUT2D eigenvalue weighted by molar-refractivity contribution is -0.136. The minimum absolute atomic E-state index is 0.00826. The van der Waals surface area contributed by atoms with E-state index in [4.69, 9.17) is 23.2 Å². The van der Waals surface area contributed by atoms with Gasteiger partial charge >= 0.3 is 5.69 Å². The highest BCUT2D eigenvalue weighted by Crippen LogP contribution is 2.63.